The molecule has 7 nitrogen and oxygen atoms in total. The maximum atomic E-state index is 12.3. The molecular formula is C21H31N3O4. The van der Waals surface area contributed by atoms with E-state index >= 15 is 0 Å². The minimum absolute atomic E-state index is 0.0119. The number of anilines is 2. The van der Waals surface area contributed by atoms with Gasteiger partial charge in [-0.15, -0.1) is 0 Å². The molecule has 7 heteroatoms. The molecule has 0 radical (unpaired) electrons. The Bertz CT molecular complexity index is 753. The molecule has 0 bridgehead atoms. The molecular weight excluding hydrogens is 358 g/mol. The van der Waals surface area contributed by atoms with Gasteiger partial charge in [-0.05, 0) is 58.1 Å². The number of alkyl carbamates (subject to hydrolysis) is 1. The topological polar surface area (TPSA) is 93.9 Å². The van der Waals surface area contributed by atoms with Gasteiger partial charge in [0.2, 0.25) is 0 Å². The van der Waals surface area contributed by atoms with Crippen LogP contribution in [0.5, 0.6) is 0 Å². The number of rotatable bonds is 4. The number of nitrogen functional groups attached to an aromatic ring is 1. The molecule has 154 valence electrons. The Morgan fingerprint density at radius 1 is 1.29 bits per heavy atom. The summed E-state index contributed by atoms with van der Waals surface area (Å²) in [6, 6.07) is 5.82. The molecule has 1 aromatic rings. The number of carbonyl (C=O) groups excluding carboxylic acids is 2. The van der Waals surface area contributed by atoms with E-state index in [1.165, 1.54) is 7.11 Å². The zero-order valence-corrected chi connectivity index (χ0v) is 17.2. The molecule has 0 unspecified atom stereocenters. The van der Waals surface area contributed by atoms with Crippen molar-refractivity contribution in [2.45, 2.75) is 63.5 Å². The summed E-state index contributed by atoms with van der Waals surface area (Å²) >= 11 is 0. The van der Waals surface area contributed by atoms with Crippen molar-refractivity contribution in [2.75, 3.05) is 30.8 Å². The lowest BCUT2D eigenvalue weighted by Crippen LogP contribution is -2.49. The Labute approximate surface area is 166 Å². The smallest absolute Gasteiger partial charge is 0.407 e. The summed E-state index contributed by atoms with van der Waals surface area (Å²) in [5.74, 6) is -0.223. The summed E-state index contributed by atoms with van der Waals surface area (Å²) in [6.45, 7) is 7.05. The predicted octanol–water partition coefficient (Wildman–Crippen LogP) is 2.97. The predicted molar refractivity (Wildman–Crippen MR) is 108 cm³/mol. The van der Waals surface area contributed by atoms with Crippen LogP contribution in [0.3, 0.4) is 0 Å². The van der Waals surface area contributed by atoms with Crippen LogP contribution in [0.15, 0.2) is 18.2 Å². The number of nitrogens with two attached hydrogens (primary N) is 1. The molecule has 2 aliphatic rings. The molecule has 1 heterocycles. The number of hydrogen-bond donors (Lipinski definition) is 2. The first-order valence-electron chi connectivity index (χ1n) is 9.88. The van der Waals surface area contributed by atoms with Crippen LogP contribution in [0.25, 0.3) is 0 Å². The molecule has 3 N–H and O–H groups in total. The first kappa shape index (κ1) is 20.3. The number of esters is 1. The number of carbonyl (C=O) groups is 2. The number of amides is 1. The molecule has 1 aliphatic heterocycles. The molecule has 1 atom stereocenters. The number of nitrogens with one attached hydrogen (secondary N) is 1. The minimum atomic E-state index is -0.598. The van der Waals surface area contributed by atoms with E-state index in [4.69, 9.17) is 15.2 Å². The van der Waals surface area contributed by atoms with Crippen LogP contribution >= 0.6 is 0 Å². The third-order valence-corrected chi connectivity index (χ3v) is 5.41. The highest BCUT2D eigenvalue weighted by Gasteiger charge is 2.53. The van der Waals surface area contributed by atoms with Crippen LogP contribution in [-0.2, 0) is 19.7 Å². The maximum absolute atomic E-state index is 12.3. The second kappa shape index (κ2) is 7.53. The number of ether oxygens (including phenoxy) is 2. The number of benzene rings is 1. The lowest BCUT2D eigenvalue weighted by atomic mass is 9.93. The third kappa shape index (κ3) is 4.18. The number of hydrogen-bond acceptors (Lipinski definition) is 6. The molecule has 1 saturated carbocycles. The highest BCUT2D eigenvalue weighted by atomic mass is 16.6. The Hall–Kier alpha value is -2.44. The summed E-state index contributed by atoms with van der Waals surface area (Å²) in [5, 5.41) is 2.96. The van der Waals surface area contributed by atoms with Crippen molar-refractivity contribution >= 4 is 23.4 Å². The molecule has 28 heavy (non-hydrogen) atoms. The number of piperidine rings is 1. The summed E-state index contributed by atoms with van der Waals surface area (Å²) in [7, 11) is 1.42. The summed E-state index contributed by atoms with van der Waals surface area (Å²) < 4.78 is 10.4. The molecule has 1 aromatic carbocycles. The van der Waals surface area contributed by atoms with Crippen molar-refractivity contribution in [2.24, 2.45) is 0 Å². The van der Waals surface area contributed by atoms with Crippen LogP contribution in [-0.4, -0.2) is 43.9 Å². The number of methoxy groups -OCH3 is 1. The van der Waals surface area contributed by atoms with Crippen LogP contribution in [0.1, 0.15) is 52.0 Å². The average Bonchev–Trinajstić information content (AvgIpc) is 3.41. The molecule has 0 aromatic heterocycles. The summed E-state index contributed by atoms with van der Waals surface area (Å²) in [6.07, 6.45) is 2.95. The van der Waals surface area contributed by atoms with Gasteiger partial charge in [-0.3, -0.25) is 4.79 Å². The van der Waals surface area contributed by atoms with E-state index in [1.54, 1.807) is 0 Å². The van der Waals surface area contributed by atoms with Gasteiger partial charge in [-0.25, -0.2) is 4.79 Å². The van der Waals surface area contributed by atoms with E-state index in [9.17, 15) is 9.59 Å². The lowest BCUT2D eigenvalue weighted by Gasteiger charge is -2.36. The second-order valence-corrected chi connectivity index (χ2v) is 8.74. The van der Waals surface area contributed by atoms with Crippen molar-refractivity contribution < 1.29 is 19.1 Å². The zero-order chi connectivity index (χ0) is 20.5. The second-order valence-electron chi connectivity index (χ2n) is 8.74. The van der Waals surface area contributed by atoms with Crippen molar-refractivity contribution in [3.63, 3.8) is 0 Å². The Morgan fingerprint density at radius 2 is 2.00 bits per heavy atom. The van der Waals surface area contributed by atoms with Crippen molar-refractivity contribution in [3.8, 4) is 0 Å². The monoisotopic (exact) mass is 389 g/mol. The highest BCUT2D eigenvalue weighted by Crippen LogP contribution is 2.52. The fraction of sp³-hybridized carbons (Fsp3) is 0.619. The zero-order valence-electron chi connectivity index (χ0n) is 17.2. The van der Waals surface area contributed by atoms with Crippen LogP contribution in [0.4, 0.5) is 16.2 Å². The van der Waals surface area contributed by atoms with Crippen molar-refractivity contribution in [1.29, 1.82) is 0 Å². The Balaban J connectivity index is 1.74. The van der Waals surface area contributed by atoms with E-state index in [2.05, 4.69) is 10.2 Å². The van der Waals surface area contributed by atoms with Crippen LogP contribution < -0.4 is 16.0 Å². The third-order valence-electron chi connectivity index (χ3n) is 5.41. The lowest BCUT2D eigenvalue weighted by molar-refractivity contribution is -0.143. The van der Waals surface area contributed by atoms with Gasteiger partial charge in [0.1, 0.15) is 5.60 Å². The normalized spacial score (nSPS) is 21.0. The fourth-order valence-electron chi connectivity index (χ4n) is 3.94. The summed E-state index contributed by atoms with van der Waals surface area (Å²) in [4.78, 5) is 26.6. The van der Waals surface area contributed by atoms with E-state index in [0.29, 0.717) is 12.2 Å². The van der Waals surface area contributed by atoms with Gasteiger partial charge in [0.25, 0.3) is 0 Å². The quantitative estimate of drug-likeness (QED) is 0.607. The highest BCUT2D eigenvalue weighted by molar-refractivity contribution is 5.90. The van der Waals surface area contributed by atoms with Crippen LogP contribution in [0.2, 0.25) is 0 Å². The van der Waals surface area contributed by atoms with Gasteiger partial charge < -0.3 is 25.4 Å². The number of nitrogens with zero attached hydrogens (tertiary/aromatic N) is 1. The van der Waals surface area contributed by atoms with Gasteiger partial charge in [0.15, 0.2) is 0 Å². The van der Waals surface area contributed by atoms with Crippen molar-refractivity contribution in [1.82, 2.24) is 5.32 Å². The van der Waals surface area contributed by atoms with E-state index in [-0.39, 0.29) is 12.0 Å². The molecule has 1 aliphatic carbocycles. The minimum Gasteiger partial charge on any atom is -0.468 e. The van der Waals surface area contributed by atoms with Gasteiger partial charge >= 0.3 is 12.1 Å². The standard InChI is InChI=1S/C21H31N3O4/c1-20(2,3)28-19(26)23-14-7-6-12-24(13-14)16-9-5-8-15(17(16)22)21(10-11-21)18(25)27-4/h5,8-9,14H,6-7,10-13,22H2,1-4H3,(H,23,26)/t14-/m1/s1. The van der Waals surface area contributed by atoms with Crippen LogP contribution in [0, 0.1) is 0 Å². The molecule has 0 spiro atoms. The maximum Gasteiger partial charge on any atom is 0.407 e. The Morgan fingerprint density at radius 3 is 2.61 bits per heavy atom. The first-order valence-corrected chi connectivity index (χ1v) is 9.88. The Kier molecular flexibility index (Phi) is 5.46. The first-order chi connectivity index (χ1) is 13.2. The molecule has 3 rings (SSSR count). The van der Waals surface area contributed by atoms with E-state index in [0.717, 1.165) is 43.5 Å². The van der Waals surface area contributed by atoms with E-state index in [1.807, 2.05) is 39.0 Å². The largest absolute Gasteiger partial charge is 0.468 e. The van der Waals surface area contributed by atoms with E-state index < -0.39 is 17.1 Å². The fourth-order valence-corrected chi connectivity index (χ4v) is 3.94. The van der Waals surface area contributed by atoms with Gasteiger partial charge in [0, 0.05) is 19.1 Å². The van der Waals surface area contributed by atoms with Gasteiger partial charge in [0.05, 0.1) is 23.9 Å². The number of para-hydroxylation sites is 1. The molecule has 1 saturated heterocycles. The molecule has 2 fully saturated rings. The van der Waals surface area contributed by atoms with Gasteiger partial charge in [-0.2, -0.15) is 0 Å². The van der Waals surface area contributed by atoms with Gasteiger partial charge in [-0.1, -0.05) is 12.1 Å². The average molecular weight is 389 g/mol. The van der Waals surface area contributed by atoms with Crippen molar-refractivity contribution in [3.05, 3.63) is 23.8 Å². The summed E-state index contributed by atoms with van der Waals surface area (Å²) in [5.41, 5.74) is 7.76. The SMILES string of the molecule is COC(=O)C1(c2cccc(N3CCC[C@@H](NC(=O)OC(C)(C)C)C3)c2N)CC1. The molecule has 1 amide bonds.